The molecule has 0 saturated heterocycles. The molecule has 0 radical (unpaired) electrons. The van der Waals surface area contributed by atoms with Gasteiger partial charge in [-0.3, -0.25) is 9.59 Å². The lowest BCUT2D eigenvalue weighted by Gasteiger charge is -2.29. The summed E-state index contributed by atoms with van der Waals surface area (Å²) in [7, 11) is 0. The third kappa shape index (κ3) is 3.89. The highest BCUT2D eigenvalue weighted by atomic mass is 35.5. The maximum Gasteiger partial charge on any atom is 0.239 e. The maximum absolute atomic E-state index is 12.4. The highest BCUT2D eigenvalue weighted by Gasteiger charge is 2.38. The minimum absolute atomic E-state index is 0.219. The molecule has 0 aliphatic rings. The second-order valence-corrected chi connectivity index (χ2v) is 5.94. The molecule has 1 aromatic carbocycles. The van der Waals surface area contributed by atoms with Gasteiger partial charge in [-0.15, -0.1) is 0 Å². The summed E-state index contributed by atoms with van der Waals surface area (Å²) >= 11 is 12.0. The molecule has 2 amide bonds. The van der Waals surface area contributed by atoms with E-state index in [-0.39, 0.29) is 10.9 Å². The Kier molecular flexibility index (Phi) is 6.05. The van der Waals surface area contributed by atoms with Crippen LogP contribution >= 0.6 is 23.2 Å². The lowest BCUT2D eigenvalue weighted by Crippen LogP contribution is -2.47. The molecule has 0 saturated carbocycles. The lowest BCUT2D eigenvalue weighted by atomic mass is 9.90. The van der Waals surface area contributed by atoms with Gasteiger partial charge in [0.1, 0.15) is 5.41 Å². The largest absolute Gasteiger partial charge is 0.342 e. The van der Waals surface area contributed by atoms with E-state index in [0.29, 0.717) is 23.8 Å². The van der Waals surface area contributed by atoms with Gasteiger partial charge in [-0.1, -0.05) is 29.3 Å². The van der Waals surface area contributed by atoms with Crippen molar-refractivity contribution < 1.29 is 9.59 Å². The van der Waals surface area contributed by atoms with Crippen LogP contribution in [-0.4, -0.2) is 29.8 Å². The number of nitrogens with one attached hydrogen (secondary N) is 1. The Morgan fingerprint density at radius 3 is 2.29 bits per heavy atom. The molecule has 21 heavy (non-hydrogen) atoms. The van der Waals surface area contributed by atoms with E-state index in [0.717, 1.165) is 0 Å². The molecule has 1 N–H and O–H groups in total. The third-order valence-electron chi connectivity index (χ3n) is 3.35. The van der Waals surface area contributed by atoms with Gasteiger partial charge in [0.25, 0.3) is 0 Å². The maximum atomic E-state index is 12.4. The average Bonchev–Trinajstić information content (AvgIpc) is 2.44. The first-order chi connectivity index (χ1) is 9.75. The number of carbonyl (C=O) groups is 2. The summed E-state index contributed by atoms with van der Waals surface area (Å²) in [6.07, 6.45) is 0. The van der Waals surface area contributed by atoms with Gasteiger partial charge in [-0.25, -0.2) is 0 Å². The fraction of sp³-hybridized carbons (Fsp3) is 0.467. The Labute approximate surface area is 135 Å². The van der Waals surface area contributed by atoms with Crippen molar-refractivity contribution in [2.24, 2.45) is 5.41 Å². The minimum atomic E-state index is -1.18. The van der Waals surface area contributed by atoms with Crippen molar-refractivity contribution in [2.75, 3.05) is 18.4 Å². The summed E-state index contributed by atoms with van der Waals surface area (Å²) < 4.78 is 0. The van der Waals surface area contributed by atoms with Crippen LogP contribution in [0.15, 0.2) is 18.2 Å². The van der Waals surface area contributed by atoms with Gasteiger partial charge in [0.05, 0.1) is 15.7 Å². The monoisotopic (exact) mass is 330 g/mol. The van der Waals surface area contributed by atoms with Crippen LogP contribution in [0.1, 0.15) is 27.7 Å². The first-order valence-corrected chi connectivity index (χ1v) is 7.56. The van der Waals surface area contributed by atoms with E-state index in [1.165, 1.54) is 0 Å². The number of carbonyl (C=O) groups excluding carboxylic acids is 2. The Morgan fingerprint density at radius 1 is 1.19 bits per heavy atom. The van der Waals surface area contributed by atoms with Crippen molar-refractivity contribution in [1.29, 1.82) is 0 Å². The average molecular weight is 331 g/mol. The van der Waals surface area contributed by atoms with Crippen LogP contribution in [0.25, 0.3) is 0 Å². The highest BCUT2D eigenvalue weighted by molar-refractivity contribution is 6.44. The van der Waals surface area contributed by atoms with E-state index in [9.17, 15) is 9.59 Å². The molecule has 1 aromatic rings. The van der Waals surface area contributed by atoms with Gasteiger partial charge in [0.15, 0.2) is 0 Å². The second kappa shape index (κ2) is 7.14. The quantitative estimate of drug-likeness (QED) is 0.834. The predicted molar refractivity (Wildman–Crippen MR) is 86.8 cm³/mol. The number of amides is 2. The topological polar surface area (TPSA) is 49.4 Å². The molecule has 6 heteroatoms. The van der Waals surface area contributed by atoms with Gasteiger partial charge in [-0.2, -0.15) is 0 Å². The second-order valence-electron chi connectivity index (χ2n) is 5.16. The molecule has 116 valence electrons. The molecule has 0 bridgehead atoms. The molecule has 0 unspecified atom stereocenters. The summed E-state index contributed by atoms with van der Waals surface area (Å²) in [6.45, 7) is 8.07. The van der Waals surface area contributed by atoms with Crippen molar-refractivity contribution in [3.05, 3.63) is 28.2 Å². The molecule has 4 nitrogen and oxygen atoms in total. The Balaban J connectivity index is 2.96. The summed E-state index contributed by atoms with van der Waals surface area (Å²) in [5.41, 5.74) is -0.785. The molecule has 0 heterocycles. The predicted octanol–water partition coefficient (Wildman–Crippen LogP) is 3.83. The zero-order chi connectivity index (χ0) is 16.2. The fourth-order valence-corrected chi connectivity index (χ4v) is 2.23. The lowest BCUT2D eigenvalue weighted by molar-refractivity contribution is -0.146. The minimum Gasteiger partial charge on any atom is -0.342 e. The molecular formula is C15H20Cl2N2O2. The summed E-state index contributed by atoms with van der Waals surface area (Å²) in [4.78, 5) is 26.5. The third-order valence-corrected chi connectivity index (χ3v) is 4.17. The van der Waals surface area contributed by atoms with E-state index in [1.54, 1.807) is 36.9 Å². The number of halogens is 2. The normalized spacial score (nSPS) is 11.1. The van der Waals surface area contributed by atoms with Crippen LogP contribution in [0.3, 0.4) is 0 Å². The number of hydrogen-bond acceptors (Lipinski definition) is 2. The molecule has 0 spiro atoms. The first kappa shape index (κ1) is 17.8. The summed E-state index contributed by atoms with van der Waals surface area (Å²) in [5.74, 6) is -0.633. The summed E-state index contributed by atoms with van der Waals surface area (Å²) in [5, 5.41) is 3.28. The smallest absolute Gasteiger partial charge is 0.239 e. The van der Waals surface area contributed by atoms with Crippen LogP contribution in [0.2, 0.25) is 10.0 Å². The number of benzene rings is 1. The standard InChI is InChI=1S/C15H20Cl2N2O2/c1-5-19(6-2)14(21)15(3,4)13(20)18-11-9-7-8-10(16)12(11)17/h7-9H,5-6H2,1-4H3,(H,18,20). The van der Waals surface area contributed by atoms with E-state index in [1.807, 2.05) is 13.8 Å². The molecule has 0 aliphatic heterocycles. The van der Waals surface area contributed by atoms with E-state index >= 15 is 0 Å². The van der Waals surface area contributed by atoms with E-state index in [4.69, 9.17) is 23.2 Å². The number of anilines is 1. The molecule has 0 aliphatic carbocycles. The number of nitrogens with zero attached hydrogens (tertiary/aromatic N) is 1. The van der Waals surface area contributed by atoms with E-state index < -0.39 is 11.3 Å². The van der Waals surface area contributed by atoms with Gasteiger partial charge in [0, 0.05) is 13.1 Å². The number of rotatable bonds is 5. The molecule has 0 fully saturated rings. The van der Waals surface area contributed by atoms with Gasteiger partial charge < -0.3 is 10.2 Å². The van der Waals surface area contributed by atoms with Crippen LogP contribution in [-0.2, 0) is 9.59 Å². The van der Waals surface area contributed by atoms with E-state index in [2.05, 4.69) is 5.32 Å². The van der Waals surface area contributed by atoms with Crippen molar-refractivity contribution in [1.82, 2.24) is 4.90 Å². The van der Waals surface area contributed by atoms with Crippen LogP contribution in [0.5, 0.6) is 0 Å². The van der Waals surface area contributed by atoms with Crippen molar-refractivity contribution in [2.45, 2.75) is 27.7 Å². The zero-order valence-corrected chi connectivity index (χ0v) is 14.2. The van der Waals surface area contributed by atoms with Gasteiger partial charge >= 0.3 is 0 Å². The Hall–Kier alpha value is -1.26. The van der Waals surface area contributed by atoms with Crippen molar-refractivity contribution in [3.63, 3.8) is 0 Å². The molecule has 1 rings (SSSR count). The van der Waals surface area contributed by atoms with Crippen molar-refractivity contribution >= 4 is 40.7 Å². The van der Waals surface area contributed by atoms with Crippen molar-refractivity contribution in [3.8, 4) is 0 Å². The first-order valence-electron chi connectivity index (χ1n) is 6.80. The Bertz CT molecular complexity index is 540. The molecule has 0 atom stereocenters. The number of hydrogen-bond donors (Lipinski definition) is 1. The van der Waals surface area contributed by atoms with Crippen LogP contribution in [0, 0.1) is 5.41 Å². The van der Waals surface area contributed by atoms with Gasteiger partial charge in [0.2, 0.25) is 11.8 Å². The van der Waals surface area contributed by atoms with Crippen LogP contribution < -0.4 is 5.32 Å². The SMILES string of the molecule is CCN(CC)C(=O)C(C)(C)C(=O)Nc1cccc(Cl)c1Cl. The van der Waals surface area contributed by atoms with Crippen LogP contribution in [0.4, 0.5) is 5.69 Å². The summed E-state index contributed by atoms with van der Waals surface area (Å²) in [6, 6.07) is 4.96. The molecular weight excluding hydrogens is 311 g/mol. The molecule has 0 aromatic heterocycles. The highest BCUT2D eigenvalue weighted by Crippen LogP contribution is 2.31. The van der Waals surface area contributed by atoms with Gasteiger partial charge in [-0.05, 0) is 39.8 Å². The fourth-order valence-electron chi connectivity index (χ4n) is 1.88. The Morgan fingerprint density at radius 2 is 1.76 bits per heavy atom. The zero-order valence-electron chi connectivity index (χ0n) is 12.7.